The van der Waals surface area contributed by atoms with Crippen molar-refractivity contribution in [1.82, 2.24) is 25.6 Å². The minimum Gasteiger partial charge on any atom is -0.494 e. The summed E-state index contributed by atoms with van der Waals surface area (Å²) < 4.78 is 42.3. The average Bonchev–Trinajstić information content (AvgIpc) is 3.53. The summed E-state index contributed by atoms with van der Waals surface area (Å²) in [5, 5.41) is 13.8. The molecule has 35 heavy (non-hydrogen) atoms. The van der Waals surface area contributed by atoms with E-state index >= 15 is 0 Å². The number of tetrazole rings is 1. The number of rotatable bonds is 10. The molecule has 11 heteroatoms. The van der Waals surface area contributed by atoms with Crippen LogP contribution in [0.25, 0.3) is 33.1 Å². The van der Waals surface area contributed by atoms with Crippen LogP contribution in [-0.2, 0) is 6.42 Å². The molecule has 1 aromatic carbocycles. The van der Waals surface area contributed by atoms with Gasteiger partial charge in [-0.15, -0.1) is 16.4 Å². The molecule has 0 aliphatic heterocycles. The highest BCUT2D eigenvalue weighted by molar-refractivity contribution is 7.15. The van der Waals surface area contributed by atoms with Crippen LogP contribution in [0, 0.1) is 0 Å². The molecule has 0 bridgehead atoms. The molecule has 0 unspecified atom stereocenters. The number of nitrogens with zero attached hydrogens (tertiary/aromatic N) is 3. The molecule has 3 aromatic heterocycles. The third-order valence-corrected chi connectivity index (χ3v) is 6.69. The van der Waals surface area contributed by atoms with Crippen LogP contribution in [0.1, 0.15) is 37.5 Å². The van der Waals surface area contributed by atoms with E-state index in [9.17, 15) is 18.0 Å². The lowest BCUT2D eigenvalue weighted by Gasteiger charge is -2.10. The maximum absolute atomic E-state index is 13.1. The van der Waals surface area contributed by atoms with Gasteiger partial charge in [-0.25, -0.2) is 5.10 Å². The van der Waals surface area contributed by atoms with Crippen LogP contribution in [0.3, 0.4) is 0 Å². The quantitative estimate of drug-likeness (QED) is 0.258. The van der Waals surface area contributed by atoms with E-state index in [2.05, 4.69) is 32.5 Å². The number of halogens is 3. The van der Waals surface area contributed by atoms with E-state index in [0.29, 0.717) is 42.3 Å². The lowest BCUT2D eigenvalue weighted by molar-refractivity contribution is -0.135. The Morgan fingerprint density at radius 2 is 1.86 bits per heavy atom. The first kappa shape index (κ1) is 24.6. The largest absolute Gasteiger partial charge is 0.494 e. The molecule has 0 saturated heterocycles. The van der Waals surface area contributed by atoms with E-state index in [1.54, 1.807) is 23.5 Å². The van der Waals surface area contributed by atoms with Gasteiger partial charge in [-0.2, -0.15) is 13.2 Å². The molecule has 2 N–H and O–H groups in total. The molecule has 0 amide bonds. The molecule has 0 aliphatic rings. The van der Waals surface area contributed by atoms with Crippen molar-refractivity contribution in [2.24, 2.45) is 0 Å². The van der Waals surface area contributed by atoms with Gasteiger partial charge in [0.15, 0.2) is 5.82 Å². The second kappa shape index (κ2) is 10.9. The summed E-state index contributed by atoms with van der Waals surface area (Å²) >= 11 is 1.61. The molecule has 4 aromatic rings. The standard InChI is InChI=1S/C24H24F3N5O2S/c1-2-17-10-11-20(35-17)18-14-19(28-23(33)21(18)22-29-31-32-30-22)15-6-8-16(9-7-15)34-13-5-3-4-12-24(25,26)27/h6-11,14H,2-5,12-13H2,1H3,(H,28,33)(H,29,30,31,32). The predicted octanol–water partition coefficient (Wildman–Crippen LogP) is 6.01. The number of hydrogen-bond acceptors (Lipinski definition) is 6. The Bertz CT molecular complexity index is 1300. The van der Waals surface area contributed by atoms with E-state index in [-0.39, 0.29) is 12.0 Å². The average molecular weight is 504 g/mol. The number of aromatic nitrogens is 5. The van der Waals surface area contributed by atoms with Crippen LogP contribution in [0.5, 0.6) is 5.75 Å². The molecule has 4 rings (SSSR count). The molecule has 0 fully saturated rings. The van der Waals surface area contributed by atoms with Gasteiger partial charge in [0.1, 0.15) is 5.75 Å². The van der Waals surface area contributed by atoms with Crippen molar-refractivity contribution in [2.45, 2.75) is 45.2 Å². The van der Waals surface area contributed by atoms with E-state index in [1.807, 2.05) is 30.3 Å². The molecule has 0 radical (unpaired) electrons. The highest BCUT2D eigenvalue weighted by Gasteiger charge is 2.25. The number of H-pyrrole nitrogens is 2. The van der Waals surface area contributed by atoms with E-state index < -0.39 is 12.6 Å². The first-order chi connectivity index (χ1) is 16.8. The zero-order chi connectivity index (χ0) is 24.8. The van der Waals surface area contributed by atoms with Crippen molar-refractivity contribution >= 4 is 11.3 Å². The molecular formula is C24H24F3N5O2S. The first-order valence-electron chi connectivity index (χ1n) is 11.2. The SMILES string of the molecule is CCc1ccc(-c2cc(-c3ccc(OCCCCCC(F)(F)F)cc3)[nH]c(=O)c2-c2nnn[nH]2)s1. The lowest BCUT2D eigenvalue weighted by Crippen LogP contribution is -2.12. The van der Waals surface area contributed by atoms with Crippen molar-refractivity contribution in [3.63, 3.8) is 0 Å². The number of aryl methyl sites for hydroxylation is 1. The van der Waals surface area contributed by atoms with Gasteiger partial charge in [-0.05, 0) is 84.1 Å². The number of nitrogens with one attached hydrogen (secondary N) is 2. The van der Waals surface area contributed by atoms with Crippen LogP contribution in [-0.4, -0.2) is 38.4 Å². The Labute approximate surface area is 203 Å². The summed E-state index contributed by atoms with van der Waals surface area (Å²) in [6.07, 6.45) is -2.87. The van der Waals surface area contributed by atoms with E-state index in [1.165, 1.54) is 4.88 Å². The van der Waals surface area contributed by atoms with Gasteiger partial charge >= 0.3 is 6.18 Å². The molecule has 0 atom stereocenters. The maximum Gasteiger partial charge on any atom is 0.389 e. The van der Waals surface area contributed by atoms with Crippen LogP contribution in [0.15, 0.2) is 47.3 Å². The number of aromatic amines is 2. The summed E-state index contributed by atoms with van der Waals surface area (Å²) in [7, 11) is 0. The Morgan fingerprint density at radius 1 is 1.06 bits per heavy atom. The highest BCUT2D eigenvalue weighted by atomic mass is 32.1. The maximum atomic E-state index is 13.1. The Balaban J connectivity index is 1.51. The molecule has 0 aliphatic carbocycles. The Morgan fingerprint density at radius 3 is 2.51 bits per heavy atom. The second-order valence-corrected chi connectivity index (χ2v) is 9.14. The molecule has 7 nitrogen and oxygen atoms in total. The predicted molar refractivity (Wildman–Crippen MR) is 128 cm³/mol. The van der Waals surface area contributed by atoms with Crippen molar-refractivity contribution in [1.29, 1.82) is 0 Å². The number of unbranched alkanes of at least 4 members (excludes halogenated alkanes) is 2. The first-order valence-corrected chi connectivity index (χ1v) is 12.1. The molecular weight excluding hydrogens is 479 g/mol. The fraction of sp³-hybridized carbons (Fsp3) is 0.333. The van der Waals surface area contributed by atoms with Crippen LogP contribution in [0.2, 0.25) is 0 Å². The number of benzene rings is 1. The fourth-order valence-corrected chi connectivity index (χ4v) is 4.62. The van der Waals surface area contributed by atoms with Crippen molar-refractivity contribution in [2.75, 3.05) is 6.61 Å². The highest BCUT2D eigenvalue weighted by Crippen LogP contribution is 2.35. The third-order valence-electron chi connectivity index (χ3n) is 5.43. The summed E-state index contributed by atoms with van der Waals surface area (Å²) in [6.45, 7) is 2.42. The van der Waals surface area contributed by atoms with Crippen molar-refractivity contribution in [3.05, 3.63) is 57.7 Å². The van der Waals surface area contributed by atoms with Gasteiger partial charge in [0.25, 0.3) is 5.56 Å². The summed E-state index contributed by atoms with van der Waals surface area (Å²) in [5.41, 5.74) is 2.20. The van der Waals surface area contributed by atoms with E-state index in [0.717, 1.165) is 22.4 Å². The summed E-state index contributed by atoms with van der Waals surface area (Å²) in [4.78, 5) is 18.1. The number of pyridine rings is 1. The van der Waals surface area contributed by atoms with Gasteiger partial charge in [0.05, 0.1) is 12.2 Å². The Hall–Kier alpha value is -3.47. The second-order valence-electron chi connectivity index (χ2n) is 7.97. The smallest absolute Gasteiger partial charge is 0.389 e. The number of alkyl halides is 3. The third kappa shape index (κ3) is 6.36. The monoisotopic (exact) mass is 503 g/mol. The van der Waals surface area contributed by atoms with Crippen LogP contribution < -0.4 is 10.3 Å². The normalized spacial score (nSPS) is 11.7. The van der Waals surface area contributed by atoms with Crippen LogP contribution >= 0.6 is 11.3 Å². The molecule has 0 spiro atoms. The van der Waals surface area contributed by atoms with Gasteiger partial charge in [-0.1, -0.05) is 6.92 Å². The topological polar surface area (TPSA) is 96.6 Å². The number of thiophene rings is 1. The zero-order valence-electron chi connectivity index (χ0n) is 19.0. The van der Waals surface area contributed by atoms with Gasteiger partial charge in [-0.3, -0.25) is 4.79 Å². The van der Waals surface area contributed by atoms with E-state index in [4.69, 9.17) is 4.74 Å². The number of hydrogen-bond donors (Lipinski definition) is 2. The Kier molecular flexibility index (Phi) is 7.64. The minimum absolute atomic E-state index is 0.103. The van der Waals surface area contributed by atoms with Gasteiger partial charge in [0, 0.05) is 27.4 Å². The number of ether oxygens (including phenoxy) is 1. The minimum atomic E-state index is -4.11. The zero-order valence-corrected chi connectivity index (χ0v) is 19.8. The van der Waals surface area contributed by atoms with Crippen molar-refractivity contribution in [3.8, 4) is 38.8 Å². The van der Waals surface area contributed by atoms with Crippen molar-refractivity contribution < 1.29 is 17.9 Å². The summed E-state index contributed by atoms with van der Waals surface area (Å²) in [5.74, 6) is 0.903. The molecule has 0 saturated carbocycles. The summed E-state index contributed by atoms with van der Waals surface area (Å²) in [6, 6.07) is 13.1. The van der Waals surface area contributed by atoms with Crippen LogP contribution in [0.4, 0.5) is 13.2 Å². The lowest BCUT2D eigenvalue weighted by atomic mass is 10.0. The van der Waals surface area contributed by atoms with Gasteiger partial charge < -0.3 is 9.72 Å². The molecule has 3 heterocycles. The molecule has 184 valence electrons. The fourth-order valence-electron chi connectivity index (χ4n) is 3.65. The van der Waals surface area contributed by atoms with Gasteiger partial charge in [0.2, 0.25) is 0 Å².